The van der Waals surface area contributed by atoms with Crippen molar-refractivity contribution < 1.29 is 13.2 Å². The Morgan fingerprint density at radius 3 is 2.61 bits per heavy atom. The average Bonchev–Trinajstić information content (AvgIpc) is 2.72. The lowest BCUT2D eigenvalue weighted by atomic mass is 9.96. The predicted molar refractivity (Wildman–Crippen MR) is 126 cm³/mol. The molecule has 0 radical (unpaired) electrons. The Kier molecular flexibility index (Phi) is 7.68. The summed E-state index contributed by atoms with van der Waals surface area (Å²) >= 11 is 11.9. The van der Waals surface area contributed by atoms with Crippen LogP contribution < -0.4 is 5.32 Å². The van der Waals surface area contributed by atoms with Crippen LogP contribution in [0.15, 0.2) is 36.4 Å². The van der Waals surface area contributed by atoms with Gasteiger partial charge in [-0.25, -0.2) is 12.7 Å². The second kappa shape index (κ2) is 9.90. The fourth-order valence-corrected chi connectivity index (χ4v) is 5.89. The molecule has 1 saturated heterocycles. The van der Waals surface area contributed by atoms with Crippen LogP contribution in [0.4, 0.5) is 0 Å². The van der Waals surface area contributed by atoms with E-state index in [2.05, 4.69) is 11.4 Å². The number of amides is 1. The maximum Gasteiger partial charge on any atom is 0.224 e. The lowest BCUT2D eigenvalue weighted by Gasteiger charge is -2.32. The normalized spacial score (nSPS) is 18.5. The van der Waals surface area contributed by atoms with Crippen LogP contribution in [0.5, 0.6) is 0 Å². The van der Waals surface area contributed by atoms with Crippen LogP contribution in [0.1, 0.15) is 48.1 Å². The summed E-state index contributed by atoms with van der Waals surface area (Å²) < 4.78 is 27.3. The third kappa shape index (κ3) is 6.01. The van der Waals surface area contributed by atoms with Gasteiger partial charge in [-0.05, 0) is 62.4 Å². The number of sulfonamides is 1. The number of piperidine rings is 1. The molecule has 8 heteroatoms. The molecule has 0 spiro atoms. The summed E-state index contributed by atoms with van der Waals surface area (Å²) in [6.07, 6.45) is 1.32. The first-order valence-corrected chi connectivity index (χ1v) is 12.7. The van der Waals surface area contributed by atoms with Crippen LogP contribution in [0.25, 0.3) is 0 Å². The Morgan fingerprint density at radius 1 is 1.16 bits per heavy atom. The molecule has 2 aromatic rings. The smallest absolute Gasteiger partial charge is 0.224 e. The van der Waals surface area contributed by atoms with Crippen molar-refractivity contribution >= 4 is 39.1 Å². The lowest BCUT2D eigenvalue weighted by Crippen LogP contribution is -2.46. The summed E-state index contributed by atoms with van der Waals surface area (Å²) in [6.45, 7) is 6.61. The van der Waals surface area contributed by atoms with Gasteiger partial charge in [-0.3, -0.25) is 4.79 Å². The monoisotopic (exact) mass is 482 g/mol. The highest BCUT2D eigenvalue weighted by molar-refractivity contribution is 7.88. The van der Waals surface area contributed by atoms with Gasteiger partial charge in [0.15, 0.2) is 0 Å². The van der Waals surface area contributed by atoms with Crippen molar-refractivity contribution in [2.45, 2.75) is 45.4 Å². The highest BCUT2D eigenvalue weighted by atomic mass is 35.5. The minimum atomic E-state index is -3.57. The molecule has 31 heavy (non-hydrogen) atoms. The predicted octanol–water partition coefficient (Wildman–Crippen LogP) is 5.03. The van der Waals surface area contributed by atoms with E-state index < -0.39 is 10.0 Å². The number of carbonyl (C=O) groups is 1. The maximum absolute atomic E-state index is 13.0. The summed E-state index contributed by atoms with van der Waals surface area (Å²) in [4.78, 5) is 12.9. The fourth-order valence-electron chi connectivity index (χ4n) is 3.98. The molecule has 1 aliphatic heterocycles. The van der Waals surface area contributed by atoms with Gasteiger partial charge in [0.1, 0.15) is 0 Å². The maximum atomic E-state index is 13.0. The molecular weight excluding hydrogens is 455 g/mol. The summed E-state index contributed by atoms with van der Waals surface area (Å²) in [7, 11) is -3.57. The van der Waals surface area contributed by atoms with Crippen molar-refractivity contribution in [1.82, 2.24) is 9.62 Å². The number of rotatable bonds is 6. The zero-order valence-corrected chi connectivity index (χ0v) is 20.3. The van der Waals surface area contributed by atoms with Crippen molar-refractivity contribution in [3.63, 3.8) is 0 Å². The van der Waals surface area contributed by atoms with Gasteiger partial charge >= 0.3 is 0 Å². The quantitative estimate of drug-likeness (QED) is 0.627. The molecule has 1 N–H and O–H groups in total. The molecule has 1 heterocycles. The Hall–Kier alpha value is -1.60. The molecule has 2 aromatic carbocycles. The van der Waals surface area contributed by atoms with Gasteiger partial charge in [0, 0.05) is 13.1 Å². The van der Waals surface area contributed by atoms with Crippen molar-refractivity contribution in [2.75, 3.05) is 13.1 Å². The van der Waals surface area contributed by atoms with E-state index in [0.717, 1.165) is 16.7 Å². The van der Waals surface area contributed by atoms with Crippen LogP contribution in [0.2, 0.25) is 10.0 Å². The standard InChI is InChI=1S/C23H28Cl2N2O3S/c1-15-6-7-16(2)20(11-15)17(3)26-23(28)19-5-4-10-27(13-19)31(29,30)14-18-8-9-21(24)22(25)12-18/h6-9,11-12,17,19H,4-5,10,13-14H2,1-3H3,(H,26,28). The van der Waals surface area contributed by atoms with Gasteiger partial charge in [-0.1, -0.05) is 53.0 Å². The molecular formula is C23H28Cl2N2O3S. The topological polar surface area (TPSA) is 66.5 Å². The van der Waals surface area contributed by atoms with Crippen LogP contribution in [0, 0.1) is 19.8 Å². The molecule has 3 rings (SSSR count). The number of hydrogen-bond donors (Lipinski definition) is 1. The molecule has 168 valence electrons. The first kappa shape index (κ1) is 24.1. The zero-order chi connectivity index (χ0) is 22.8. The van der Waals surface area contributed by atoms with Crippen molar-refractivity contribution in [3.05, 3.63) is 68.7 Å². The van der Waals surface area contributed by atoms with E-state index >= 15 is 0 Å². The van der Waals surface area contributed by atoms with E-state index in [9.17, 15) is 13.2 Å². The van der Waals surface area contributed by atoms with E-state index in [1.54, 1.807) is 18.2 Å². The highest BCUT2D eigenvalue weighted by Gasteiger charge is 2.33. The lowest BCUT2D eigenvalue weighted by molar-refractivity contribution is -0.126. The molecule has 5 nitrogen and oxygen atoms in total. The number of aryl methyl sites for hydroxylation is 2. The molecule has 0 saturated carbocycles. The van der Waals surface area contributed by atoms with Gasteiger partial charge in [-0.15, -0.1) is 0 Å². The Labute approximate surface area is 194 Å². The van der Waals surface area contributed by atoms with E-state index in [0.29, 0.717) is 35.0 Å². The minimum Gasteiger partial charge on any atom is -0.349 e. The van der Waals surface area contributed by atoms with Gasteiger partial charge in [0.25, 0.3) is 0 Å². The number of carbonyl (C=O) groups excluding carboxylic acids is 1. The van der Waals surface area contributed by atoms with Crippen molar-refractivity contribution in [1.29, 1.82) is 0 Å². The molecule has 1 fully saturated rings. The molecule has 1 amide bonds. The van der Waals surface area contributed by atoms with Crippen molar-refractivity contribution in [3.8, 4) is 0 Å². The van der Waals surface area contributed by atoms with Gasteiger partial charge in [0.05, 0.1) is 27.8 Å². The van der Waals surface area contributed by atoms with Gasteiger partial charge in [-0.2, -0.15) is 0 Å². The number of benzene rings is 2. The van der Waals surface area contributed by atoms with E-state index in [4.69, 9.17) is 23.2 Å². The molecule has 2 unspecified atom stereocenters. The second-order valence-corrected chi connectivity index (χ2v) is 11.1. The second-order valence-electron chi connectivity index (χ2n) is 8.29. The molecule has 0 aliphatic carbocycles. The Balaban J connectivity index is 1.66. The SMILES string of the molecule is Cc1ccc(C)c(C(C)NC(=O)C2CCCN(S(=O)(=O)Cc3ccc(Cl)c(Cl)c3)C2)c1. The number of nitrogens with zero attached hydrogens (tertiary/aromatic N) is 1. The fraction of sp³-hybridized carbons (Fsp3) is 0.435. The Bertz CT molecular complexity index is 1070. The van der Waals surface area contributed by atoms with Gasteiger partial charge < -0.3 is 5.32 Å². The number of halogens is 2. The highest BCUT2D eigenvalue weighted by Crippen LogP contribution is 2.27. The average molecular weight is 483 g/mol. The van der Waals surface area contributed by atoms with E-state index in [1.807, 2.05) is 32.9 Å². The van der Waals surface area contributed by atoms with Crippen LogP contribution in [-0.4, -0.2) is 31.7 Å². The zero-order valence-electron chi connectivity index (χ0n) is 18.0. The summed E-state index contributed by atoms with van der Waals surface area (Å²) in [5.74, 6) is -0.648. The third-order valence-corrected chi connectivity index (χ3v) is 8.30. The first-order chi connectivity index (χ1) is 14.6. The van der Waals surface area contributed by atoms with Crippen molar-refractivity contribution in [2.24, 2.45) is 5.92 Å². The molecule has 0 bridgehead atoms. The van der Waals surface area contributed by atoms with Gasteiger partial charge in [0.2, 0.25) is 15.9 Å². The summed E-state index contributed by atoms with van der Waals surface area (Å²) in [5, 5.41) is 3.79. The summed E-state index contributed by atoms with van der Waals surface area (Å²) in [5.41, 5.74) is 3.91. The number of hydrogen-bond acceptors (Lipinski definition) is 3. The first-order valence-electron chi connectivity index (χ1n) is 10.4. The number of nitrogens with one attached hydrogen (secondary N) is 1. The molecule has 2 atom stereocenters. The minimum absolute atomic E-state index is 0.108. The molecule has 0 aromatic heterocycles. The van der Waals surface area contributed by atoms with Crippen LogP contribution in [-0.2, 0) is 20.6 Å². The van der Waals surface area contributed by atoms with Crippen LogP contribution in [0.3, 0.4) is 0 Å². The molecule has 1 aliphatic rings. The van der Waals surface area contributed by atoms with E-state index in [-0.39, 0.29) is 30.2 Å². The third-order valence-electron chi connectivity index (χ3n) is 5.74. The summed E-state index contributed by atoms with van der Waals surface area (Å²) in [6, 6.07) is 10.9. The largest absolute Gasteiger partial charge is 0.349 e. The Morgan fingerprint density at radius 2 is 1.90 bits per heavy atom. The van der Waals surface area contributed by atoms with E-state index in [1.165, 1.54) is 4.31 Å². The van der Waals surface area contributed by atoms with Crippen LogP contribution >= 0.6 is 23.2 Å².